The lowest BCUT2D eigenvalue weighted by Gasteiger charge is -2.59. The van der Waals surface area contributed by atoms with Gasteiger partial charge in [-0.05, 0) is 79.4 Å². The Morgan fingerprint density at radius 1 is 1.07 bits per heavy atom. The molecule has 0 aromatic carbocycles. The van der Waals surface area contributed by atoms with Crippen molar-refractivity contribution < 1.29 is 14.4 Å². The summed E-state index contributed by atoms with van der Waals surface area (Å²) in [6, 6.07) is 0. The second-order valence-electron chi connectivity index (χ2n) is 11.4. The van der Waals surface area contributed by atoms with Gasteiger partial charge < -0.3 is 0 Å². The maximum Gasteiger partial charge on any atom is 0.139 e. The van der Waals surface area contributed by atoms with E-state index in [4.69, 9.17) is 0 Å². The highest BCUT2D eigenvalue weighted by Crippen LogP contribution is 2.67. The first-order valence-electron chi connectivity index (χ1n) is 12.3. The van der Waals surface area contributed by atoms with E-state index in [1.165, 1.54) is 19.3 Å². The Balaban J connectivity index is 1.55. The van der Waals surface area contributed by atoms with Gasteiger partial charge in [0.05, 0.1) is 0 Å². The van der Waals surface area contributed by atoms with Crippen LogP contribution >= 0.6 is 0 Å². The summed E-state index contributed by atoms with van der Waals surface area (Å²) in [4.78, 5) is 37.6. The van der Waals surface area contributed by atoms with E-state index < -0.39 is 0 Å². The van der Waals surface area contributed by atoms with Gasteiger partial charge >= 0.3 is 0 Å². The molecule has 4 rings (SSSR count). The maximum absolute atomic E-state index is 13.7. The smallest absolute Gasteiger partial charge is 0.139 e. The first-order chi connectivity index (χ1) is 13.7. The Morgan fingerprint density at radius 2 is 1.83 bits per heavy atom. The number of Topliss-reactive ketones (excluding diaryl/α,β-unsaturated/α-hetero) is 3. The molecule has 0 N–H and O–H groups in total. The van der Waals surface area contributed by atoms with Gasteiger partial charge in [0.2, 0.25) is 0 Å². The van der Waals surface area contributed by atoms with Crippen molar-refractivity contribution in [3.8, 4) is 0 Å². The van der Waals surface area contributed by atoms with E-state index in [1.54, 1.807) is 0 Å². The van der Waals surface area contributed by atoms with E-state index >= 15 is 0 Å². The summed E-state index contributed by atoms with van der Waals surface area (Å²) >= 11 is 0. The zero-order valence-corrected chi connectivity index (χ0v) is 19.0. The Hall–Kier alpha value is -0.990. The van der Waals surface area contributed by atoms with Gasteiger partial charge in [0.1, 0.15) is 17.3 Å². The summed E-state index contributed by atoms with van der Waals surface area (Å²) in [6.07, 6.45) is 10.1. The minimum atomic E-state index is -0.191. The summed E-state index contributed by atoms with van der Waals surface area (Å²) in [5.74, 6) is 4.32. The van der Waals surface area contributed by atoms with Crippen molar-refractivity contribution in [2.75, 3.05) is 0 Å². The molecule has 0 saturated heterocycles. The van der Waals surface area contributed by atoms with Crippen molar-refractivity contribution in [2.45, 2.75) is 98.3 Å². The maximum atomic E-state index is 13.7. The predicted octanol–water partition coefficient (Wildman–Crippen LogP) is 5.79. The van der Waals surface area contributed by atoms with Crippen LogP contribution in [0, 0.1) is 46.3 Å². The molecule has 162 valence electrons. The average molecular weight is 401 g/mol. The molecule has 4 fully saturated rings. The molecule has 0 spiro atoms. The monoisotopic (exact) mass is 400 g/mol. The molecular weight excluding hydrogens is 360 g/mol. The number of carbonyl (C=O) groups excluding carboxylic acids is 3. The Morgan fingerprint density at radius 3 is 2.55 bits per heavy atom. The lowest BCUT2D eigenvalue weighted by molar-refractivity contribution is -0.159. The van der Waals surface area contributed by atoms with Gasteiger partial charge in [-0.2, -0.15) is 0 Å². The van der Waals surface area contributed by atoms with Crippen LogP contribution in [0.1, 0.15) is 98.3 Å². The van der Waals surface area contributed by atoms with Crippen LogP contribution in [-0.2, 0) is 14.4 Å². The highest BCUT2D eigenvalue weighted by atomic mass is 16.1. The third kappa shape index (κ3) is 3.26. The van der Waals surface area contributed by atoms with Gasteiger partial charge in [0.25, 0.3) is 0 Å². The molecule has 8 atom stereocenters. The molecule has 0 amide bonds. The number of hydrogen-bond donors (Lipinski definition) is 0. The molecular formula is C26H40O3. The fourth-order valence-corrected chi connectivity index (χ4v) is 8.46. The molecule has 3 nitrogen and oxygen atoms in total. The van der Waals surface area contributed by atoms with Crippen LogP contribution in [0.5, 0.6) is 0 Å². The van der Waals surface area contributed by atoms with Crippen LogP contribution < -0.4 is 0 Å². The number of fused-ring (bicyclic) bond motifs is 5. The van der Waals surface area contributed by atoms with Crippen LogP contribution in [0.15, 0.2) is 0 Å². The van der Waals surface area contributed by atoms with Crippen molar-refractivity contribution >= 4 is 17.3 Å². The van der Waals surface area contributed by atoms with Crippen LogP contribution in [0.3, 0.4) is 0 Å². The highest BCUT2D eigenvalue weighted by Gasteiger charge is 2.63. The van der Waals surface area contributed by atoms with E-state index in [1.807, 2.05) is 6.92 Å². The zero-order chi connectivity index (χ0) is 21.0. The fourth-order valence-electron chi connectivity index (χ4n) is 8.46. The zero-order valence-electron chi connectivity index (χ0n) is 19.0. The average Bonchev–Trinajstić information content (AvgIpc) is 3.06. The molecule has 0 bridgehead atoms. The predicted molar refractivity (Wildman–Crippen MR) is 114 cm³/mol. The van der Waals surface area contributed by atoms with Crippen molar-refractivity contribution in [2.24, 2.45) is 46.3 Å². The number of hydrogen-bond acceptors (Lipinski definition) is 3. The summed E-state index contributed by atoms with van der Waals surface area (Å²) in [5, 5.41) is 0. The normalized spacial score (nSPS) is 45.3. The Labute approximate surface area is 176 Å². The van der Waals surface area contributed by atoms with Gasteiger partial charge in [0, 0.05) is 37.5 Å². The van der Waals surface area contributed by atoms with Crippen molar-refractivity contribution in [1.29, 1.82) is 0 Å². The van der Waals surface area contributed by atoms with Crippen molar-refractivity contribution in [3.05, 3.63) is 0 Å². The SMILES string of the molecule is CCC(=O)CCC(C)C1CCC2C3CCC4CC(=O)CC[C@]4(C)C3CC(=O)[C@]12C. The van der Waals surface area contributed by atoms with Gasteiger partial charge in [-0.3, -0.25) is 14.4 Å². The van der Waals surface area contributed by atoms with Gasteiger partial charge in [0.15, 0.2) is 0 Å². The largest absolute Gasteiger partial charge is 0.300 e. The molecule has 6 unspecified atom stereocenters. The minimum absolute atomic E-state index is 0.186. The molecule has 0 heterocycles. The van der Waals surface area contributed by atoms with Crippen LogP contribution in [0.25, 0.3) is 0 Å². The molecule has 0 radical (unpaired) electrons. The van der Waals surface area contributed by atoms with Crippen LogP contribution in [0.2, 0.25) is 0 Å². The molecule has 0 aliphatic heterocycles. The van der Waals surface area contributed by atoms with E-state index in [9.17, 15) is 14.4 Å². The second kappa shape index (κ2) is 7.61. The summed E-state index contributed by atoms with van der Waals surface area (Å²) in [5.41, 5.74) is -0.00536. The molecule has 3 heteroatoms. The molecule has 0 aromatic rings. The lowest BCUT2D eigenvalue weighted by atomic mass is 9.44. The second-order valence-corrected chi connectivity index (χ2v) is 11.4. The number of ketones is 3. The number of carbonyl (C=O) groups is 3. The first kappa shape index (κ1) is 21.2. The Bertz CT molecular complexity index is 696. The van der Waals surface area contributed by atoms with Crippen molar-refractivity contribution in [1.82, 2.24) is 0 Å². The van der Waals surface area contributed by atoms with Gasteiger partial charge in [-0.25, -0.2) is 0 Å². The third-order valence-electron chi connectivity index (χ3n) is 10.4. The van der Waals surface area contributed by atoms with E-state index in [2.05, 4.69) is 20.8 Å². The third-order valence-corrected chi connectivity index (χ3v) is 10.4. The Kier molecular flexibility index (Phi) is 5.57. The summed E-state index contributed by atoms with van der Waals surface area (Å²) < 4.78 is 0. The minimum Gasteiger partial charge on any atom is -0.300 e. The standard InChI is InChI=1S/C26H40O3/c1-5-18(27)8-6-16(2)21-10-11-22-20-9-7-17-14-19(28)12-13-25(17,3)23(20)15-24(29)26(21,22)4/h16-17,20-23H,5-15H2,1-4H3/t16?,17?,20?,21?,22?,23?,25-,26+/m0/s1. The molecule has 4 aliphatic rings. The van der Waals surface area contributed by atoms with E-state index in [0.717, 1.165) is 38.5 Å². The topological polar surface area (TPSA) is 51.2 Å². The van der Waals surface area contributed by atoms with Gasteiger partial charge in [-0.1, -0.05) is 27.7 Å². The molecule has 4 aliphatic carbocycles. The lowest BCUT2D eigenvalue weighted by Crippen LogP contribution is -2.57. The summed E-state index contributed by atoms with van der Waals surface area (Å²) in [6.45, 7) is 8.92. The fraction of sp³-hybridized carbons (Fsp3) is 0.885. The van der Waals surface area contributed by atoms with E-state index in [-0.39, 0.29) is 10.8 Å². The van der Waals surface area contributed by atoms with Crippen LogP contribution in [-0.4, -0.2) is 17.3 Å². The van der Waals surface area contributed by atoms with Gasteiger partial charge in [-0.15, -0.1) is 0 Å². The quantitative estimate of drug-likeness (QED) is 0.587. The molecule has 0 aromatic heterocycles. The van der Waals surface area contributed by atoms with Crippen molar-refractivity contribution in [3.63, 3.8) is 0 Å². The molecule has 29 heavy (non-hydrogen) atoms. The van der Waals surface area contributed by atoms with Crippen LogP contribution in [0.4, 0.5) is 0 Å². The highest BCUT2D eigenvalue weighted by molar-refractivity contribution is 5.87. The first-order valence-corrected chi connectivity index (χ1v) is 12.3. The number of rotatable bonds is 5. The summed E-state index contributed by atoms with van der Waals surface area (Å²) in [7, 11) is 0. The molecule has 4 saturated carbocycles. The van der Waals surface area contributed by atoms with E-state index in [0.29, 0.717) is 65.7 Å².